The predicted octanol–water partition coefficient (Wildman–Crippen LogP) is 2.04. The van der Waals surface area contributed by atoms with Crippen LogP contribution in [0.4, 0.5) is 5.95 Å². The SMILES string of the molecule is COCC(=O)N1CCC[C@@H]1c1nc(N)ncc1-c1ccc(OC)cc1. The van der Waals surface area contributed by atoms with Crippen molar-refractivity contribution in [2.75, 3.05) is 33.1 Å². The Balaban J connectivity index is 2.00. The Morgan fingerprint density at radius 1 is 1.32 bits per heavy atom. The number of rotatable bonds is 5. The van der Waals surface area contributed by atoms with Crippen LogP contribution >= 0.6 is 0 Å². The van der Waals surface area contributed by atoms with E-state index in [2.05, 4.69) is 9.97 Å². The lowest BCUT2D eigenvalue weighted by molar-refractivity contribution is -0.136. The molecule has 0 unspecified atom stereocenters. The first-order valence-corrected chi connectivity index (χ1v) is 8.19. The number of anilines is 1. The molecule has 2 aromatic rings. The summed E-state index contributed by atoms with van der Waals surface area (Å²) < 4.78 is 10.2. The van der Waals surface area contributed by atoms with Gasteiger partial charge in [0.15, 0.2) is 0 Å². The molecular formula is C18H22N4O3. The van der Waals surface area contributed by atoms with Crippen molar-refractivity contribution in [1.82, 2.24) is 14.9 Å². The lowest BCUT2D eigenvalue weighted by Gasteiger charge is -2.25. The third-order valence-corrected chi connectivity index (χ3v) is 4.39. The molecule has 2 heterocycles. The smallest absolute Gasteiger partial charge is 0.249 e. The quantitative estimate of drug-likeness (QED) is 0.894. The molecule has 0 bridgehead atoms. The Kier molecular flexibility index (Phi) is 5.14. The van der Waals surface area contributed by atoms with Crippen LogP contribution in [0.2, 0.25) is 0 Å². The number of carbonyl (C=O) groups is 1. The first kappa shape index (κ1) is 17.2. The van der Waals surface area contributed by atoms with Crippen molar-refractivity contribution in [1.29, 1.82) is 0 Å². The van der Waals surface area contributed by atoms with Crippen molar-refractivity contribution in [3.63, 3.8) is 0 Å². The zero-order chi connectivity index (χ0) is 17.8. The molecule has 2 N–H and O–H groups in total. The number of benzene rings is 1. The molecular weight excluding hydrogens is 320 g/mol. The van der Waals surface area contributed by atoms with E-state index < -0.39 is 0 Å². The molecule has 1 amide bonds. The molecule has 1 fully saturated rings. The molecule has 3 rings (SSSR count). The van der Waals surface area contributed by atoms with Crippen LogP contribution in [0, 0.1) is 0 Å². The van der Waals surface area contributed by atoms with Gasteiger partial charge in [-0.05, 0) is 30.5 Å². The summed E-state index contributed by atoms with van der Waals surface area (Å²) in [6.07, 6.45) is 3.48. The van der Waals surface area contributed by atoms with Gasteiger partial charge in [-0.2, -0.15) is 0 Å². The minimum Gasteiger partial charge on any atom is -0.497 e. The summed E-state index contributed by atoms with van der Waals surface area (Å²) in [6.45, 7) is 0.758. The summed E-state index contributed by atoms with van der Waals surface area (Å²) in [5.74, 6) is 0.945. The molecule has 7 heteroatoms. The molecule has 0 aliphatic carbocycles. The summed E-state index contributed by atoms with van der Waals surface area (Å²) in [5.41, 5.74) is 8.44. The third kappa shape index (κ3) is 3.56. The van der Waals surface area contributed by atoms with Crippen molar-refractivity contribution in [3.8, 4) is 16.9 Å². The van der Waals surface area contributed by atoms with Crippen LogP contribution in [0.5, 0.6) is 5.75 Å². The topological polar surface area (TPSA) is 90.6 Å². The monoisotopic (exact) mass is 342 g/mol. The van der Waals surface area contributed by atoms with Crippen LogP contribution in [-0.4, -0.2) is 48.1 Å². The maximum absolute atomic E-state index is 12.4. The fraction of sp³-hybridized carbons (Fsp3) is 0.389. The van der Waals surface area contributed by atoms with Crippen LogP contribution in [0.3, 0.4) is 0 Å². The first-order chi connectivity index (χ1) is 12.1. The number of hydrogen-bond acceptors (Lipinski definition) is 6. The van der Waals surface area contributed by atoms with Crippen LogP contribution in [0.15, 0.2) is 30.5 Å². The largest absolute Gasteiger partial charge is 0.497 e. The van der Waals surface area contributed by atoms with Gasteiger partial charge in [-0.25, -0.2) is 9.97 Å². The molecule has 0 radical (unpaired) electrons. The standard InChI is InChI=1S/C18H22N4O3/c1-24-11-16(23)22-9-3-4-15(22)17-14(10-20-18(19)21-17)12-5-7-13(25-2)8-6-12/h5-8,10,15H,3-4,9,11H2,1-2H3,(H2,19,20,21)/t15-/m1/s1. The molecule has 25 heavy (non-hydrogen) atoms. The Hall–Kier alpha value is -2.67. The van der Waals surface area contributed by atoms with Crippen molar-refractivity contribution in [2.24, 2.45) is 0 Å². The molecule has 7 nitrogen and oxygen atoms in total. The van der Waals surface area contributed by atoms with Gasteiger partial charge in [0.25, 0.3) is 0 Å². The minimum atomic E-state index is -0.120. The Labute approximate surface area is 146 Å². The fourth-order valence-corrected chi connectivity index (χ4v) is 3.21. The highest BCUT2D eigenvalue weighted by molar-refractivity contribution is 5.79. The number of nitrogens with zero attached hydrogens (tertiary/aromatic N) is 3. The van der Waals surface area contributed by atoms with Crippen molar-refractivity contribution in [3.05, 3.63) is 36.2 Å². The molecule has 1 saturated heterocycles. The second-order valence-corrected chi connectivity index (χ2v) is 5.93. The normalized spacial score (nSPS) is 16.9. The molecule has 132 valence electrons. The summed E-state index contributed by atoms with van der Waals surface area (Å²) in [7, 11) is 3.15. The molecule has 1 aromatic carbocycles. The lowest BCUT2D eigenvalue weighted by Crippen LogP contribution is -2.34. The number of aromatic nitrogens is 2. The van der Waals surface area contributed by atoms with Gasteiger partial charge in [-0.15, -0.1) is 0 Å². The number of ether oxygens (including phenoxy) is 2. The van der Waals surface area contributed by atoms with E-state index in [4.69, 9.17) is 15.2 Å². The van der Waals surface area contributed by atoms with Gasteiger partial charge in [0.2, 0.25) is 11.9 Å². The Morgan fingerprint density at radius 3 is 2.76 bits per heavy atom. The van der Waals surface area contributed by atoms with E-state index in [-0.39, 0.29) is 24.5 Å². The van der Waals surface area contributed by atoms with Crippen molar-refractivity contribution in [2.45, 2.75) is 18.9 Å². The number of nitrogen functional groups attached to an aromatic ring is 1. The van der Waals surface area contributed by atoms with Crippen molar-refractivity contribution < 1.29 is 14.3 Å². The molecule has 0 spiro atoms. The number of nitrogens with two attached hydrogens (primary N) is 1. The highest BCUT2D eigenvalue weighted by Crippen LogP contribution is 2.37. The van der Waals surface area contributed by atoms with Gasteiger partial charge in [-0.3, -0.25) is 4.79 Å². The Morgan fingerprint density at radius 2 is 2.08 bits per heavy atom. The van der Waals surface area contributed by atoms with Gasteiger partial charge in [0, 0.05) is 25.4 Å². The maximum atomic E-state index is 12.4. The average molecular weight is 342 g/mol. The molecule has 0 saturated carbocycles. The lowest BCUT2D eigenvalue weighted by atomic mass is 9.99. The number of likely N-dealkylation sites (tertiary alicyclic amines) is 1. The fourth-order valence-electron chi connectivity index (χ4n) is 3.21. The van der Waals surface area contributed by atoms with Crippen molar-refractivity contribution >= 4 is 11.9 Å². The highest BCUT2D eigenvalue weighted by atomic mass is 16.5. The highest BCUT2D eigenvalue weighted by Gasteiger charge is 2.32. The average Bonchev–Trinajstić information content (AvgIpc) is 3.12. The molecule has 1 aromatic heterocycles. The maximum Gasteiger partial charge on any atom is 0.249 e. The number of methoxy groups -OCH3 is 2. The first-order valence-electron chi connectivity index (χ1n) is 8.19. The number of carbonyl (C=O) groups excluding carboxylic acids is 1. The van der Waals surface area contributed by atoms with E-state index in [0.29, 0.717) is 6.54 Å². The van der Waals surface area contributed by atoms with E-state index in [1.165, 1.54) is 7.11 Å². The zero-order valence-electron chi connectivity index (χ0n) is 14.4. The second kappa shape index (κ2) is 7.48. The predicted molar refractivity (Wildman–Crippen MR) is 94.0 cm³/mol. The van der Waals surface area contributed by atoms with E-state index in [1.54, 1.807) is 13.3 Å². The van der Waals surface area contributed by atoms with E-state index in [9.17, 15) is 4.79 Å². The Bertz CT molecular complexity index is 748. The van der Waals surface area contributed by atoms with E-state index in [1.807, 2.05) is 29.2 Å². The summed E-state index contributed by atoms with van der Waals surface area (Å²) in [6, 6.07) is 7.56. The number of amides is 1. The van der Waals surface area contributed by atoms with Crippen LogP contribution in [-0.2, 0) is 9.53 Å². The number of hydrogen-bond donors (Lipinski definition) is 1. The van der Waals surface area contributed by atoms with Gasteiger partial charge in [0.05, 0.1) is 18.8 Å². The third-order valence-electron chi connectivity index (χ3n) is 4.39. The second-order valence-electron chi connectivity index (χ2n) is 5.93. The minimum absolute atomic E-state index is 0.0390. The van der Waals surface area contributed by atoms with Crippen LogP contribution < -0.4 is 10.5 Å². The van der Waals surface area contributed by atoms with Gasteiger partial charge >= 0.3 is 0 Å². The van der Waals surface area contributed by atoms with E-state index in [0.717, 1.165) is 35.4 Å². The zero-order valence-corrected chi connectivity index (χ0v) is 14.4. The van der Waals surface area contributed by atoms with Gasteiger partial charge in [-0.1, -0.05) is 12.1 Å². The summed E-state index contributed by atoms with van der Waals surface area (Å²) in [5, 5.41) is 0. The summed E-state index contributed by atoms with van der Waals surface area (Å²) in [4.78, 5) is 22.8. The molecule has 1 aliphatic rings. The molecule has 1 aliphatic heterocycles. The molecule has 1 atom stereocenters. The van der Waals surface area contributed by atoms with E-state index >= 15 is 0 Å². The van der Waals surface area contributed by atoms with Gasteiger partial charge < -0.3 is 20.1 Å². The van der Waals surface area contributed by atoms with Crippen LogP contribution in [0.1, 0.15) is 24.6 Å². The summed E-state index contributed by atoms with van der Waals surface area (Å²) >= 11 is 0. The van der Waals surface area contributed by atoms with Crippen LogP contribution in [0.25, 0.3) is 11.1 Å². The van der Waals surface area contributed by atoms with Gasteiger partial charge in [0.1, 0.15) is 12.4 Å².